The molecule has 1 fully saturated rings. The van der Waals surface area contributed by atoms with Crippen LogP contribution in [0.4, 0.5) is 0 Å². The summed E-state index contributed by atoms with van der Waals surface area (Å²) in [7, 11) is 2.05. The molecule has 1 heterocycles. The first-order chi connectivity index (χ1) is 8.70. The van der Waals surface area contributed by atoms with Crippen LogP contribution in [0.2, 0.25) is 0 Å². The third-order valence-electron chi connectivity index (χ3n) is 4.02. The zero-order chi connectivity index (χ0) is 13.0. The van der Waals surface area contributed by atoms with Crippen molar-refractivity contribution in [2.45, 2.75) is 25.8 Å². The predicted molar refractivity (Wildman–Crippen MR) is 80.8 cm³/mol. The Bertz CT molecular complexity index is 373. The van der Waals surface area contributed by atoms with Crippen LogP contribution in [0.1, 0.15) is 31.4 Å². The number of hydrogen-bond donors (Lipinski definition) is 1. The Hall–Kier alpha value is -0.380. The lowest BCUT2D eigenvalue weighted by Gasteiger charge is -2.36. The summed E-state index contributed by atoms with van der Waals surface area (Å²) in [6.07, 6.45) is 2.64. The molecule has 2 nitrogen and oxygen atoms in total. The summed E-state index contributed by atoms with van der Waals surface area (Å²) < 4.78 is 1.18. The Morgan fingerprint density at radius 1 is 1.39 bits per heavy atom. The molecule has 100 valence electrons. The van der Waals surface area contributed by atoms with Gasteiger partial charge in [-0.25, -0.2) is 0 Å². The van der Waals surface area contributed by atoms with Crippen LogP contribution in [-0.4, -0.2) is 31.6 Å². The second-order valence-electron chi connectivity index (χ2n) is 5.27. The van der Waals surface area contributed by atoms with Gasteiger partial charge in [0.2, 0.25) is 0 Å². The first kappa shape index (κ1) is 14.0. The number of piperidine rings is 1. The van der Waals surface area contributed by atoms with Gasteiger partial charge in [0.25, 0.3) is 0 Å². The first-order valence-electron chi connectivity index (χ1n) is 6.85. The van der Waals surface area contributed by atoms with Gasteiger partial charge in [-0.05, 0) is 70.1 Å². The Morgan fingerprint density at radius 3 is 2.72 bits per heavy atom. The second-order valence-corrected chi connectivity index (χ2v) is 6.18. The molecule has 0 bridgehead atoms. The van der Waals surface area contributed by atoms with E-state index in [1.54, 1.807) is 0 Å². The largest absolute Gasteiger partial charge is 0.319 e. The molecule has 1 atom stereocenters. The van der Waals surface area contributed by atoms with Crippen LogP contribution >= 0.6 is 15.9 Å². The summed E-state index contributed by atoms with van der Waals surface area (Å²) in [5.74, 6) is 0.862. The molecule has 2 rings (SSSR count). The van der Waals surface area contributed by atoms with E-state index in [2.05, 4.69) is 64.4 Å². The lowest BCUT2D eigenvalue weighted by molar-refractivity contribution is 0.141. The summed E-state index contributed by atoms with van der Waals surface area (Å²) in [6, 6.07) is 9.22. The van der Waals surface area contributed by atoms with E-state index in [-0.39, 0.29) is 0 Å². The zero-order valence-corrected chi connectivity index (χ0v) is 12.9. The topological polar surface area (TPSA) is 15.3 Å². The van der Waals surface area contributed by atoms with Gasteiger partial charge in [-0.1, -0.05) is 28.1 Å². The summed E-state index contributed by atoms with van der Waals surface area (Å²) in [5, 5.41) is 3.30. The Kier molecular flexibility index (Phi) is 5.22. The molecule has 0 aliphatic carbocycles. The first-order valence-corrected chi connectivity index (χ1v) is 7.64. The molecule has 0 saturated carbocycles. The van der Waals surface area contributed by atoms with E-state index in [0.717, 1.165) is 5.92 Å². The third kappa shape index (κ3) is 3.56. The normalized spacial score (nSPS) is 19.9. The fourth-order valence-corrected chi connectivity index (χ4v) is 3.23. The smallest absolute Gasteiger partial charge is 0.0320 e. The Labute approximate surface area is 119 Å². The van der Waals surface area contributed by atoms with Gasteiger partial charge in [-0.15, -0.1) is 0 Å². The lowest BCUT2D eigenvalue weighted by atomic mass is 9.94. The number of nitrogens with one attached hydrogen (secondary N) is 1. The molecule has 0 spiro atoms. The second kappa shape index (κ2) is 6.69. The molecular formula is C15H23BrN2. The molecule has 1 aromatic rings. The van der Waals surface area contributed by atoms with Crippen LogP contribution in [0, 0.1) is 5.92 Å². The highest BCUT2D eigenvalue weighted by Gasteiger charge is 2.23. The molecule has 1 N–H and O–H groups in total. The fourth-order valence-electron chi connectivity index (χ4n) is 2.81. The quantitative estimate of drug-likeness (QED) is 0.916. The van der Waals surface area contributed by atoms with Crippen molar-refractivity contribution >= 4 is 15.9 Å². The van der Waals surface area contributed by atoms with E-state index in [0.29, 0.717) is 6.04 Å². The Morgan fingerprint density at radius 2 is 2.11 bits per heavy atom. The van der Waals surface area contributed by atoms with Gasteiger partial charge in [0.15, 0.2) is 0 Å². The molecule has 0 amide bonds. The average Bonchev–Trinajstić information content (AvgIpc) is 2.39. The maximum Gasteiger partial charge on any atom is 0.0320 e. The van der Waals surface area contributed by atoms with Crippen LogP contribution in [0.5, 0.6) is 0 Å². The minimum absolute atomic E-state index is 0.526. The van der Waals surface area contributed by atoms with E-state index in [9.17, 15) is 0 Å². The SMILES string of the molecule is CNCC1CCN(C(C)c2cccc(Br)c2)CC1. The molecule has 1 unspecified atom stereocenters. The van der Waals surface area contributed by atoms with Crippen LogP contribution in [0.3, 0.4) is 0 Å². The number of nitrogens with zero attached hydrogens (tertiary/aromatic N) is 1. The zero-order valence-electron chi connectivity index (χ0n) is 11.3. The van der Waals surface area contributed by atoms with Crippen molar-refractivity contribution in [3.63, 3.8) is 0 Å². The van der Waals surface area contributed by atoms with Crippen LogP contribution in [-0.2, 0) is 0 Å². The van der Waals surface area contributed by atoms with E-state index < -0.39 is 0 Å². The highest BCUT2D eigenvalue weighted by molar-refractivity contribution is 9.10. The average molecular weight is 311 g/mol. The number of halogens is 1. The summed E-state index contributed by atoms with van der Waals surface area (Å²) in [5.41, 5.74) is 1.41. The molecular weight excluding hydrogens is 288 g/mol. The lowest BCUT2D eigenvalue weighted by Crippen LogP contribution is -2.38. The Balaban J connectivity index is 1.93. The molecule has 1 aromatic carbocycles. The van der Waals surface area contributed by atoms with Gasteiger partial charge in [0.05, 0.1) is 0 Å². The van der Waals surface area contributed by atoms with Crippen LogP contribution in [0.15, 0.2) is 28.7 Å². The van der Waals surface area contributed by atoms with Gasteiger partial charge < -0.3 is 5.32 Å². The molecule has 1 aliphatic rings. The van der Waals surface area contributed by atoms with Crippen molar-refractivity contribution in [3.8, 4) is 0 Å². The number of rotatable bonds is 4. The minimum Gasteiger partial charge on any atom is -0.319 e. The van der Waals surface area contributed by atoms with E-state index in [1.807, 2.05) is 0 Å². The highest BCUT2D eigenvalue weighted by Crippen LogP contribution is 2.27. The molecule has 18 heavy (non-hydrogen) atoms. The monoisotopic (exact) mass is 310 g/mol. The molecule has 3 heteroatoms. The number of likely N-dealkylation sites (tertiary alicyclic amines) is 1. The van der Waals surface area contributed by atoms with Crippen molar-refractivity contribution in [2.75, 3.05) is 26.7 Å². The van der Waals surface area contributed by atoms with Crippen molar-refractivity contribution in [2.24, 2.45) is 5.92 Å². The maximum absolute atomic E-state index is 3.56. The predicted octanol–water partition coefficient (Wildman–Crippen LogP) is 3.44. The van der Waals surface area contributed by atoms with Gasteiger partial charge >= 0.3 is 0 Å². The standard InChI is InChI=1S/C15H23BrN2/c1-12(14-4-3-5-15(16)10-14)18-8-6-13(7-9-18)11-17-2/h3-5,10,12-13,17H,6-9,11H2,1-2H3. The van der Waals surface area contributed by atoms with E-state index in [1.165, 1.54) is 42.5 Å². The van der Waals surface area contributed by atoms with Gasteiger partial charge in [-0.3, -0.25) is 4.90 Å². The molecule has 0 radical (unpaired) electrons. The van der Waals surface area contributed by atoms with E-state index >= 15 is 0 Å². The van der Waals surface area contributed by atoms with Gasteiger partial charge in [-0.2, -0.15) is 0 Å². The maximum atomic E-state index is 3.56. The number of benzene rings is 1. The third-order valence-corrected chi connectivity index (χ3v) is 4.51. The van der Waals surface area contributed by atoms with Gasteiger partial charge in [0, 0.05) is 10.5 Å². The van der Waals surface area contributed by atoms with Crippen LogP contribution in [0.25, 0.3) is 0 Å². The van der Waals surface area contributed by atoms with Crippen molar-refractivity contribution in [1.29, 1.82) is 0 Å². The molecule has 1 aliphatic heterocycles. The fraction of sp³-hybridized carbons (Fsp3) is 0.600. The van der Waals surface area contributed by atoms with Crippen molar-refractivity contribution in [1.82, 2.24) is 10.2 Å². The van der Waals surface area contributed by atoms with E-state index in [4.69, 9.17) is 0 Å². The van der Waals surface area contributed by atoms with Crippen molar-refractivity contribution < 1.29 is 0 Å². The van der Waals surface area contributed by atoms with Gasteiger partial charge in [0.1, 0.15) is 0 Å². The van der Waals surface area contributed by atoms with Crippen LogP contribution < -0.4 is 5.32 Å². The summed E-state index contributed by atoms with van der Waals surface area (Å²) in [6.45, 7) is 5.93. The van der Waals surface area contributed by atoms with Crippen molar-refractivity contribution in [3.05, 3.63) is 34.3 Å². The highest BCUT2D eigenvalue weighted by atomic mass is 79.9. The summed E-state index contributed by atoms with van der Waals surface area (Å²) >= 11 is 3.56. The molecule has 1 saturated heterocycles. The molecule has 0 aromatic heterocycles. The minimum atomic E-state index is 0.526. The number of hydrogen-bond acceptors (Lipinski definition) is 2. The summed E-state index contributed by atoms with van der Waals surface area (Å²) in [4.78, 5) is 2.61.